The Morgan fingerprint density at radius 2 is 1.81 bits per heavy atom. The number of nitrogens with two attached hydrogens (primary N) is 2. The van der Waals surface area contributed by atoms with Crippen molar-refractivity contribution in [1.82, 2.24) is 14.9 Å². The summed E-state index contributed by atoms with van der Waals surface area (Å²) in [6.07, 6.45) is -1.18. The van der Waals surface area contributed by atoms with Crippen LogP contribution in [0.1, 0.15) is 18.4 Å². The molecule has 0 atom stereocenters. The second-order valence-electron chi connectivity index (χ2n) is 4.96. The van der Waals surface area contributed by atoms with Gasteiger partial charge in [-0.3, -0.25) is 4.90 Å². The maximum atomic E-state index is 12.0. The van der Waals surface area contributed by atoms with Gasteiger partial charge >= 0.3 is 6.18 Å². The molecular weight excluding hydrogens is 287 g/mol. The second-order valence-corrected chi connectivity index (χ2v) is 4.96. The van der Waals surface area contributed by atoms with Crippen LogP contribution in [0.25, 0.3) is 0 Å². The summed E-state index contributed by atoms with van der Waals surface area (Å²) >= 11 is 0. The van der Waals surface area contributed by atoms with Gasteiger partial charge in [-0.25, -0.2) is 4.98 Å². The molecule has 1 aromatic heterocycles. The lowest BCUT2D eigenvalue weighted by Crippen LogP contribution is -2.47. The SMILES string of the molecule is C1CCN(C2COC2)C1.Nc1ncc(C(F)(F)F)c(N)n1. The highest BCUT2D eigenvalue weighted by Gasteiger charge is 2.34. The van der Waals surface area contributed by atoms with Crippen molar-refractivity contribution in [2.45, 2.75) is 25.1 Å². The van der Waals surface area contributed by atoms with E-state index >= 15 is 0 Å². The van der Waals surface area contributed by atoms with Gasteiger partial charge in [-0.15, -0.1) is 0 Å². The molecule has 0 bridgehead atoms. The van der Waals surface area contributed by atoms with E-state index in [2.05, 4.69) is 14.9 Å². The van der Waals surface area contributed by atoms with E-state index in [9.17, 15) is 13.2 Å². The van der Waals surface area contributed by atoms with Crippen molar-refractivity contribution in [3.63, 3.8) is 0 Å². The molecule has 0 spiro atoms. The third-order valence-electron chi connectivity index (χ3n) is 3.42. The zero-order valence-corrected chi connectivity index (χ0v) is 11.4. The molecule has 2 saturated heterocycles. The van der Waals surface area contributed by atoms with Gasteiger partial charge in [0.2, 0.25) is 5.95 Å². The number of alkyl halides is 3. The van der Waals surface area contributed by atoms with Gasteiger partial charge < -0.3 is 16.2 Å². The number of nitrogen functional groups attached to an aromatic ring is 2. The molecule has 0 aromatic carbocycles. The van der Waals surface area contributed by atoms with E-state index < -0.39 is 17.6 Å². The molecule has 0 amide bonds. The summed E-state index contributed by atoms with van der Waals surface area (Å²) in [5, 5.41) is 0. The Labute approximate surface area is 120 Å². The van der Waals surface area contributed by atoms with E-state index in [1.807, 2.05) is 0 Å². The number of anilines is 2. The third kappa shape index (κ3) is 4.18. The number of rotatable bonds is 1. The maximum Gasteiger partial charge on any atom is 0.421 e. The Hall–Kier alpha value is -1.61. The van der Waals surface area contributed by atoms with Crippen LogP contribution in [0.15, 0.2) is 6.20 Å². The molecule has 2 fully saturated rings. The first-order valence-corrected chi connectivity index (χ1v) is 6.65. The van der Waals surface area contributed by atoms with Crippen LogP contribution in [0.3, 0.4) is 0 Å². The summed E-state index contributed by atoms with van der Waals surface area (Å²) in [5.74, 6) is -0.935. The van der Waals surface area contributed by atoms with Crippen LogP contribution in [-0.2, 0) is 10.9 Å². The number of likely N-dealkylation sites (tertiary alicyclic amines) is 1. The monoisotopic (exact) mass is 305 g/mol. The minimum absolute atomic E-state index is 0.277. The van der Waals surface area contributed by atoms with Crippen LogP contribution >= 0.6 is 0 Å². The van der Waals surface area contributed by atoms with E-state index in [1.54, 1.807) is 0 Å². The molecule has 3 rings (SSSR count). The molecule has 21 heavy (non-hydrogen) atoms. The van der Waals surface area contributed by atoms with Gasteiger partial charge in [0.25, 0.3) is 0 Å². The molecule has 0 saturated carbocycles. The summed E-state index contributed by atoms with van der Waals surface area (Å²) in [6, 6.07) is 0.785. The van der Waals surface area contributed by atoms with Crippen molar-refractivity contribution < 1.29 is 17.9 Å². The summed E-state index contributed by atoms with van der Waals surface area (Å²) < 4.78 is 41.0. The summed E-state index contributed by atoms with van der Waals surface area (Å²) in [5.41, 5.74) is 8.89. The van der Waals surface area contributed by atoms with E-state index in [1.165, 1.54) is 25.9 Å². The molecule has 6 nitrogen and oxygen atoms in total. The van der Waals surface area contributed by atoms with Crippen molar-refractivity contribution in [3.05, 3.63) is 11.8 Å². The lowest BCUT2D eigenvalue weighted by Gasteiger charge is -2.34. The van der Waals surface area contributed by atoms with Crippen LogP contribution < -0.4 is 11.5 Å². The third-order valence-corrected chi connectivity index (χ3v) is 3.42. The first kappa shape index (κ1) is 15.8. The number of hydrogen-bond donors (Lipinski definition) is 2. The van der Waals surface area contributed by atoms with Crippen molar-refractivity contribution in [3.8, 4) is 0 Å². The van der Waals surface area contributed by atoms with Crippen molar-refractivity contribution >= 4 is 11.8 Å². The molecule has 0 unspecified atom stereocenters. The molecule has 2 aliphatic heterocycles. The highest BCUT2D eigenvalue weighted by Crippen LogP contribution is 2.31. The van der Waals surface area contributed by atoms with Crippen molar-refractivity contribution in [2.24, 2.45) is 0 Å². The lowest BCUT2D eigenvalue weighted by atomic mass is 10.2. The number of nitrogens with zero attached hydrogens (tertiary/aromatic N) is 3. The fraction of sp³-hybridized carbons (Fsp3) is 0.667. The zero-order valence-electron chi connectivity index (χ0n) is 11.4. The number of hydrogen-bond acceptors (Lipinski definition) is 6. The number of aromatic nitrogens is 2. The van der Waals surface area contributed by atoms with Gasteiger partial charge in [-0.2, -0.15) is 18.2 Å². The molecule has 2 aliphatic rings. The summed E-state index contributed by atoms with van der Waals surface area (Å²) in [7, 11) is 0. The largest absolute Gasteiger partial charge is 0.421 e. The summed E-state index contributed by atoms with van der Waals surface area (Å²) in [6.45, 7) is 4.60. The normalized spacial score (nSPS) is 19.8. The average Bonchev–Trinajstić information content (AvgIpc) is 2.78. The van der Waals surface area contributed by atoms with Crippen molar-refractivity contribution in [2.75, 3.05) is 37.8 Å². The molecule has 0 aliphatic carbocycles. The van der Waals surface area contributed by atoms with E-state index in [4.69, 9.17) is 16.2 Å². The molecular formula is C12H18F3N5O. The Morgan fingerprint density at radius 3 is 2.24 bits per heavy atom. The summed E-state index contributed by atoms with van der Waals surface area (Å²) in [4.78, 5) is 8.88. The minimum atomic E-state index is -4.53. The van der Waals surface area contributed by atoms with Crippen LogP contribution in [0, 0.1) is 0 Å². The van der Waals surface area contributed by atoms with Crippen molar-refractivity contribution in [1.29, 1.82) is 0 Å². The highest BCUT2D eigenvalue weighted by atomic mass is 19.4. The average molecular weight is 305 g/mol. The van der Waals surface area contributed by atoms with E-state index in [0.717, 1.165) is 19.3 Å². The van der Waals surface area contributed by atoms with Crippen LogP contribution in [0.5, 0.6) is 0 Å². The predicted molar refractivity (Wildman–Crippen MR) is 71.3 cm³/mol. The molecule has 0 radical (unpaired) electrons. The van der Waals surface area contributed by atoms with Crippen LogP contribution in [0.4, 0.5) is 24.9 Å². The number of halogens is 3. The molecule has 1 aromatic rings. The fourth-order valence-electron chi connectivity index (χ4n) is 2.17. The van der Waals surface area contributed by atoms with Crippen LogP contribution in [0.2, 0.25) is 0 Å². The second kappa shape index (κ2) is 6.44. The Morgan fingerprint density at radius 1 is 1.19 bits per heavy atom. The lowest BCUT2D eigenvalue weighted by molar-refractivity contribution is -0.137. The van der Waals surface area contributed by atoms with Gasteiger partial charge in [0.1, 0.15) is 11.4 Å². The standard InChI is InChI=1S/C7H13NO.C5H5F3N4/c1-2-4-8(3-1)7-5-9-6-7;6-5(7,8)2-1-11-4(10)12-3(2)9/h7H,1-6H2;1H,(H4,9,10,11,12). The van der Waals surface area contributed by atoms with E-state index in [-0.39, 0.29) is 5.95 Å². The quantitative estimate of drug-likeness (QED) is 0.808. The topological polar surface area (TPSA) is 90.3 Å². The smallest absolute Gasteiger partial charge is 0.383 e. The highest BCUT2D eigenvalue weighted by molar-refractivity contribution is 5.42. The Bertz CT molecular complexity index is 472. The Kier molecular flexibility index (Phi) is 4.84. The van der Waals surface area contributed by atoms with E-state index in [0.29, 0.717) is 6.20 Å². The Balaban J connectivity index is 0.000000159. The molecule has 4 N–H and O–H groups in total. The van der Waals surface area contributed by atoms with Crippen LogP contribution in [-0.4, -0.2) is 47.2 Å². The molecule has 9 heteroatoms. The molecule has 118 valence electrons. The van der Waals surface area contributed by atoms with Gasteiger partial charge in [0.15, 0.2) is 0 Å². The van der Waals surface area contributed by atoms with Gasteiger partial charge in [0, 0.05) is 6.20 Å². The van der Waals surface area contributed by atoms with Gasteiger partial charge in [0.05, 0.1) is 19.3 Å². The first-order chi connectivity index (χ1) is 9.88. The van der Waals surface area contributed by atoms with Gasteiger partial charge in [-0.05, 0) is 25.9 Å². The fourth-order valence-corrected chi connectivity index (χ4v) is 2.17. The number of ether oxygens (including phenoxy) is 1. The minimum Gasteiger partial charge on any atom is -0.383 e. The zero-order chi connectivity index (χ0) is 15.5. The molecule has 3 heterocycles. The maximum absolute atomic E-state index is 12.0. The predicted octanol–water partition coefficient (Wildman–Crippen LogP) is 1.14. The first-order valence-electron chi connectivity index (χ1n) is 6.65. The van der Waals surface area contributed by atoms with Gasteiger partial charge in [-0.1, -0.05) is 0 Å².